The van der Waals surface area contributed by atoms with Crippen LogP contribution in [0.1, 0.15) is 21.5 Å². The number of aryl methyl sites for hydroxylation is 1. The van der Waals surface area contributed by atoms with E-state index in [1.807, 2.05) is 13.8 Å². The van der Waals surface area contributed by atoms with Crippen molar-refractivity contribution in [1.29, 1.82) is 0 Å². The molecule has 0 fully saturated rings. The summed E-state index contributed by atoms with van der Waals surface area (Å²) in [5, 5.41) is 9.36. The van der Waals surface area contributed by atoms with E-state index in [1.165, 1.54) is 0 Å². The second-order valence-electron chi connectivity index (χ2n) is 4.58. The lowest BCUT2D eigenvalue weighted by Crippen LogP contribution is -2.06. The van der Waals surface area contributed by atoms with Gasteiger partial charge in [-0.3, -0.25) is 0 Å². The smallest absolute Gasteiger partial charge is 0.336 e. The van der Waals surface area contributed by atoms with Crippen molar-refractivity contribution in [3.8, 4) is 11.1 Å². The highest BCUT2D eigenvalue weighted by Gasteiger charge is 2.17. The molecule has 0 spiro atoms. The number of rotatable bonds is 2. The normalized spacial score (nSPS) is 10.4. The molecule has 2 rings (SSSR count). The first-order valence-corrected chi connectivity index (χ1v) is 5.90. The Morgan fingerprint density at radius 3 is 2.21 bits per heavy atom. The number of hydrogen-bond acceptors (Lipinski definition) is 3. The van der Waals surface area contributed by atoms with Crippen LogP contribution in [0.5, 0.6) is 0 Å². The van der Waals surface area contributed by atoms with Crippen LogP contribution in [0.25, 0.3) is 11.1 Å². The first-order valence-electron chi connectivity index (χ1n) is 5.90. The van der Waals surface area contributed by atoms with E-state index >= 15 is 0 Å². The molecule has 0 saturated carbocycles. The molecule has 2 aromatic rings. The van der Waals surface area contributed by atoms with Crippen molar-refractivity contribution < 1.29 is 9.90 Å². The molecule has 0 radical (unpaired) electrons. The van der Waals surface area contributed by atoms with Crippen LogP contribution < -0.4 is 11.5 Å². The predicted octanol–water partition coefficient (Wildman–Crippen LogP) is 2.83. The highest BCUT2D eigenvalue weighted by Crippen LogP contribution is 2.33. The predicted molar refractivity (Wildman–Crippen MR) is 77.1 cm³/mol. The van der Waals surface area contributed by atoms with Crippen LogP contribution in [-0.2, 0) is 0 Å². The number of nitrogens with two attached hydrogens (primary N) is 2. The van der Waals surface area contributed by atoms with E-state index in [1.54, 1.807) is 30.3 Å². The Kier molecular flexibility index (Phi) is 3.17. The van der Waals surface area contributed by atoms with Crippen LogP contribution in [0.4, 0.5) is 11.4 Å². The summed E-state index contributed by atoms with van der Waals surface area (Å²) in [7, 11) is 0. The first-order chi connectivity index (χ1) is 8.91. The van der Waals surface area contributed by atoms with E-state index in [2.05, 4.69) is 0 Å². The number of hydrogen-bond donors (Lipinski definition) is 3. The number of aromatic carboxylic acids is 1. The van der Waals surface area contributed by atoms with Gasteiger partial charge in [0.25, 0.3) is 0 Å². The summed E-state index contributed by atoms with van der Waals surface area (Å²) in [4.78, 5) is 11.4. The lowest BCUT2D eigenvalue weighted by Gasteiger charge is -2.15. The van der Waals surface area contributed by atoms with Gasteiger partial charge < -0.3 is 16.6 Å². The average molecular weight is 256 g/mol. The Labute approximate surface area is 111 Å². The summed E-state index contributed by atoms with van der Waals surface area (Å²) in [6.07, 6.45) is 0. The Morgan fingerprint density at radius 2 is 1.68 bits per heavy atom. The van der Waals surface area contributed by atoms with Crippen LogP contribution in [0.15, 0.2) is 30.3 Å². The van der Waals surface area contributed by atoms with Crippen molar-refractivity contribution in [2.75, 3.05) is 11.5 Å². The van der Waals surface area contributed by atoms with Crippen molar-refractivity contribution in [2.24, 2.45) is 0 Å². The zero-order valence-electron chi connectivity index (χ0n) is 10.9. The number of carboxylic acid groups (broad SMARTS) is 1. The summed E-state index contributed by atoms with van der Waals surface area (Å²) < 4.78 is 0. The molecule has 0 bridgehead atoms. The van der Waals surface area contributed by atoms with Crippen molar-refractivity contribution >= 4 is 17.3 Å². The fraction of sp³-hybridized carbons (Fsp3) is 0.133. The molecule has 0 amide bonds. The van der Waals surface area contributed by atoms with E-state index in [-0.39, 0.29) is 5.56 Å². The van der Waals surface area contributed by atoms with Gasteiger partial charge in [0.15, 0.2) is 0 Å². The van der Waals surface area contributed by atoms with Gasteiger partial charge in [0.1, 0.15) is 0 Å². The van der Waals surface area contributed by atoms with Crippen molar-refractivity contribution in [1.82, 2.24) is 0 Å². The molecule has 2 aromatic carbocycles. The fourth-order valence-corrected chi connectivity index (χ4v) is 2.19. The van der Waals surface area contributed by atoms with Gasteiger partial charge in [-0.1, -0.05) is 12.1 Å². The summed E-state index contributed by atoms with van der Waals surface area (Å²) in [5.41, 5.74) is 16.2. The molecule has 98 valence electrons. The van der Waals surface area contributed by atoms with E-state index < -0.39 is 5.97 Å². The molecule has 0 aliphatic heterocycles. The summed E-state index contributed by atoms with van der Waals surface area (Å²) in [5.74, 6) is -0.960. The third-order valence-electron chi connectivity index (χ3n) is 3.26. The maximum Gasteiger partial charge on any atom is 0.336 e. The molecule has 0 heterocycles. The standard InChI is InChI=1S/C15H16N2O2/c1-8-7-12(15(18)19)13(9(2)14(8)17)10-3-5-11(16)6-4-10/h3-7H,16-17H2,1-2H3,(H,18,19). The van der Waals surface area contributed by atoms with Crippen LogP contribution >= 0.6 is 0 Å². The van der Waals surface area contributed by atoms with Crippen LogP contribution in [0, 0.1) is 13.8 Å². The third-order valence-corrected chi connectivity index (χ3v) is 3.26. The van der Waals surface area contributed by atoms with Gasteiger partial charge in [0.05, 0.1) is 5.56 Å². The third kappa shape index (κ3) is 2.25. The summed E-state index contributed by atoms with van der Waals surface area (Å²) in [6, 6.07) is 8.71. The van der Waals surface area contributed by atoms with Gasteiger partial charge in [-0.25, -0.2) is 4.79 Å². The number of nitrogen functional groups attached to an aromatic ring is 2. The first kappa shape index (κ1) is 13.0. The van der Waals surface area contributed by atoms with E-state index in [0.717, 1.165) is 16.7 Å². The summed E-state index contributed by atoms with van der Waals surface area (Å²) in [6.45, 7) is 3.64. The van der Waals surface area contributed by atoms with Crippen molar-refractivity contribution in [3.05, 3.63) is 47.0 Å². The fourth-order valence-electron chi connectivity index (χ4n) is 2.19. The summed E-state index contributed by atoms with van der Waals surface area (Å²) >= 11 is 0. The van der Waals surface area contributed by atoms with Crippen molar-refractivity contribution in [2.45, 2.75) is 13.8 Å². The zero-order valence-corrected chi connectivity index (χ0v) is 10.9. The van der Waals surface area contributed by atoms with Crippen LogP contribution in [0.3, 0.4) is 0 Å². The lowest BCUT2D eigenvalue weighted by molar-refractivity contribution is 0.0697. The minimum atomic E-state index is -0.960. The molecule has 0 saturated heterocycles. The van der Waals surface area contributed by atoms with Crippen molar-refractivity contribution in [3.63, 3.8) is 0 Å². The number of carboxylic acids is 1. The Morgan fingerprint density at radius 1 is 1.11 bits per heavy atom. The molecule has 5 N–H and O–H groups in total. The zero-order chi connectivity index (χ0) is 14.2. The highest BCUT2D eigenvalue weighted by molar-refractivity contribution is 5.99. The number of anilines is 2. The molecular weight excluding hydrogens is 240 g/mol. The van der Waals surface area contributed by atoms with Gasteiger partial charge >= 0.3 is 5.97 Å². The SMILES string of the molecule is Cc1cc(C(=O)O)c(-c2ccc(N)cc2)c(C)c1N. The Hall–Kier alpha value is -2.49. The molecule has 0 aliphatic carbocycles. The largest absolute Gasteiger partial charge is 0.478 e. The maximum absolute atomic E-state index is 11.4. The molecule has 0 aliphatic rings. The van der Waals surface area contributed by atoms with E-state index in [9.17, 15) is 9.90 Å². The number of benzene rings is 2. The second kappa shape index (κ2) is 4.65. The maximum atomic E-state index is 11.4. The monoisotopic (exact) mass is 256 g/mol. The highest BCUT2D eigenvalue weighted by atomic mass is 16.4. The Bertz CT molecular complexity index is 646. The van der Waals surface area contributed by atoms with E-state index in [0.29, 0.717) is 16.9 Å². The average Bonchev–Trinajstić information content (AvgIpc) is 2.37. The molecular formula is C15H16N2O2. The van der Waals surface area contributed by atoms with Gasteiger partial charge in [-0.15, -0.1) is 0 Å². The minimum absolute atomic E-state index is 0.258. The van der Waals surface area contributed by atoms with Gasteiger partial charge in [-0.2, -0.15) is 0 Å². The van der Waals surface area contributed by atoms with E-state index in [4.69, 9.17) is 11.5 Å². The van der Waals surface area contributed by atoms with Crippen LogP contribution in [0.2, 0.25) is 0 Å². The van der Waals surface area contributed by atoms with Gasteiger partial charge in [0, 0.05) is 16.9 Å². The molecule has 0 atom stereocenters. The van der Waals surface area contributed by atoms with Crippen LogP contribution in [-0.4, -0.2) is 11.1 Å². The molecule has 4 heteroatoms. The Balaban J connectivity index is 2.77. The molecule has 4 nitrogen and oxygen atoms in total. The molecule has 19 heavy (non-hydrogen) atoms. The minimum Gasteiger partial charge on any atom is -0.478 e. The lowest BCUT2D eigenvalue weighted by atomic mass is 9.91. The molecule has 0 aromatic heterocycles. The number of carbonyl (C=O) groups is 1. The van der Waals surface area contributed by atoms with Gasteiger partial charge in [-0.05, 0) is 48.7 Å². The topological polar surface area (TPSA) is 89.3 Å². The molecule has 0 unspecified atom stereocenters. The second-order valence-corrected chi connectivity index (χ2v) is 4.58. The quantitative estimate of drug-likeness (QED) is 0.721. The van der Waals surface area contributed by atoms with Gasteiger partial charge in [0.2, 0.25) is 0 Å².